The maximum absolute atomic E-state index is 2.74. The molecule has 22 heavy (non-hydrogen) atoms. The second-order valence-electron chi connectivity index (χ2n) is 5.68. The number of hydrogen-bond donors (Lipinski definition) is 0. The highest BCUT2D eigenvalue weighted by atomic mass is 31.2. The maximum atomic E-state index is 2.74. The van der Waals surface area contributed by atoms with Gasteiger partial charge in [-0.05, 0) is 23.9 Å². The van der Waals surface area contributed by atoms with E-state index in [4.69, 9.17) is 0 Å². The highest BCUT2D eigenvalue weighted by Crippen LogP contribution is 2.55. The Morgan fingerprint density at radius 1 is 0.818 bits per heavy atom. The number of rotatable bonds is 10. The molecule has 126 valence electrons. The first kappa shape index (κ1) is 19.5. The molecule has 0 aliphatic carbocycles. The van der Waals surface area contributed by atoms with Gasteiger partial charge in [0, 0.05) is 33.4 Å². The molecule has 0 bridgehead atoms. The van der Waals surface area contributed by atoms with E-state index in [1.807, 2.05) is 0 Å². The van der Waals surface area contributed by atoms with Crippen molar-refractivity contribution in [1.29, 1.82) is 0 Å². The van der Waals surface area contributed by atoms with Crippen LogP contribution in [-0.2, 0) is 0 Å². The lowest BCUT2D eigenvalue weighted by atomic mass is 10.2. The predicted molar refractivity (Wildman–Crippen MR) is 104 cm³/mol. The third kappa shape index (κ3) is 4.72. The topological polar surface area (TPSA) is 6.48 Å². The van der Waals surface area contributed by atoms with Gasteiger partial charge in [0.1, 0.15) is 0 Å². The van der Waals surface area contributed by atoms with Gasteiger partial charge in [0.05, 0.1) is 0 Å². The largest absolute Gasteiger partial charge is 0.272 e. The SMILES string of the molecule is CCCCP(=Cc1ccccc1)(N(CC)CC)N(CC)CC. The lowest BCUT2D eigenvalue weighted by Gasteiger charge is -2.45. The van der Waals surface area contributed by atoms with E-state index in [0.29, 0.717) is 0 Å². The van der Waals surface area contributed by atoms with Gasteiger partial charge < -0.3 is 0 Å². The highest BCUT2D eigenvalue weighted by Gasteiger charge is 2.28. The molecule has 0 unspecified atom stereocenters. The second kappa shape index (κ2) is 10.3. The lowest BCUT2D eigenvalue weighted by Crippen LogP contribution is -2.35. The van der Waals surface area contributed by atoms with Gasteiger partial charge in [0.15, 0.2) is 0 Å². The summed E-state index contributed by atoms with van der Waals surface area (Å²) in [4.78, 5) is 0. The first-order chi connectivity index (χ1) is 10.7. The lowest BCUT2D eigenvalue weighted by molar-refractivity contribution is 0.417. The molecule has 0 saturated carbocycles. The fourth-order valence-electron chi connectivity index (χ4n) is 3.29. The van der Waals surface area contributed by atoms with Crippen molar-refractivity contribution in [3.05, 3.63) is 35.9 Å². The summed E-state index contributed by atoms with van der Waals surface area (Å²) in [6.07, 6.45) is 3.89. The van der Waals surface area contributed by atoms with Crippen molar-refractivity contribution in [2.45, 2.75) is 47.5 Å². The third-order valence-corrected chi connectivity index (χ3v) is 9.21. The van der Waals surface area contributed by atoms with Crippen LogP contribution in [0.3, 0.4) is 0 Å². The average molecular weight is 322 g/mol. The molecule has 0 atom stereocenters. The quantitative estimate of drug-likeness (QED) is 0.548. The van der Waals surface area contributed by atoms with Crippen LogP contribution in [0.2, 0.25) is 0 Å². The van der Waals surface area contributed by atoms with Crippen LogP contribution in [-0.4, -0.2) is 47.5 Å². The average Bonchev–Trinajstić information content (AvgIpc) is 2.56. The summed E-state index contributed by atoms with van der Waals surface area (Å²) in [6.45, 7) is 16.1. The Morgan fingerprint density at radius 2 is 1.32 bits per heavy atom. The fourth-order valence-corrected chi connectivity index (χ4v) is 8.05. The number of nitrogens with zero attached hydrogens (tertiary/aromatic N) is 2. The Bertz CT molecular complexity index is 432. The Labute approximate surface area is 138 Å². The van der Waals surface area contributed by atoms with Crippen LogP contribution in [0.4, 0.5) is 0 Å². The van der Waals surface area contributed by atoms with Crippen molar-refractivity contribution in [1.82, 2.24) is 9.34 Å². The van der Waals surface area contributed by atoms with Crippen molar-refractivity contribution in [3.63, 3.8) is 0 Å². The standard InChI is InChI=1S/C19H35N2P/c1-6-11-17-22(20(7-2)8-3,21(9-4)10-5)18-19-15-13-12-14-16-19/h12-16,18H,6-11,17H2,1-5H3. The third-order valence-electron chi connectivity index (χ3n) is 4.44. The van der Waals surface area contributed by atoms with E-state index in [2.05, 4.69) is 80.1 Å². The van der Waals surface area contributed by atoms with Gasteiger partial charge in [-0.15, -0.1) is 0 Å². The van der Waals surface area contributed by atoms with Gasteiger partial charge >= 0.3 is 0 Å². The van der Waals surface area contributed by atoms with Crippen molar-refractivity contribution < 1.29 is 0 Å². The van der Waals surface area contributed by atoms with E-state index >= 15 is 0 Å². The molecule has 2 nitrogen and oxygen atoms in total. The Balaban J connectivity index is 3.45. The molecule has 0 amide bonds. The first-order valence-corrected chi connectivity index (χ1v) is 10.9. The van der Waals surface area contributed by atoms with E-state index in [1.54, 1.807) is 0 Å². The van der Waals surface area contributed by atoms with Crippen LogP contribution in [0, 0.1) is 0 Å². The van der Waals surface area contributed by atoms with Crippen molar-refractivity contribution in [2.75, 3.05) is 32.3 Å². The smallest absolute Gasteiger partial charge is 0.0160 e. The van der Waals surface area contributed by atoms with Gasteiger partial charge in [-0.25, -0.2) is 0 Å². The molecule has 0 N–H and O–H groups in total. The van der Waals surface area contributed by atoms with E-state index in [0.717, 1.165) is 26.2 Å². The molecule has 0 aliphatic rings. The minimum Gasteiger partial charge on any atom is -0.272 e. The Hall–Kier alpha value is -0.560. The molecule has 3 heteroatoms. The maximum Gasteiger partial charge on any atom is 0.0160 e. The summed E-state index contributed by atoms with van der Waals surface area (Å²) in [5, 5.41) is 0. The number of unbranched alkanes of at least 4 members (excludes halogenated alkanes) is 1. The van der Waals surface area contributed by atoms with E-state index in [-0.39, 0.29) is 0 Å². The molecule has 0 spiro atoms. The van der Waals surface area contributed by atoms with E-state index < -0.39 is 7.19 Å². The Kier molecular flexibility index (Phi) is 9.09. The number of benzene rings is 1. The Morgan fingerprint density at radius 3 is 1.73 bits per heavy atom. The van der Waals surface area contributed by atoms with Gasteiger partial charge in [-0.1, -0.05) is 71.4 Å². The van der Waals surface area contributed by atoms with Crippen LogP contribution in [0.15, 0.2) is 30.3 Å². The van der Waals surface area contributed by atoms with Gasteiger partial charge in [-0.3, -0.25) is 9.34 Å². The van der Waals surface area contributed by atoms with Crippen LogP contribution in [0.1, 0.15) is 53.0 Å². The van der Waals surface area contributed by atoms with Gasteiger partial charge in [0.2, 0.25) is 0 Å². The number of hydrogen-bond acceptors (Lipinski definition) is 2. The van der Waals surface area contributed by atoms with Crippen LogP contribution >= 0.6 is 7.19 Å². The molecule has 1 rings (SSSR count). The predicted octanol–water partition coefficient (Wildman–Crippen LogP) is 5.17. The molecule has 0 aromatic heterocycles. The minimum atomic E-state index is -1.41. The molecule has 0 heterocycles. The van der Waals surface area contributed by atoms with Crippen molar-refractivity contribution in [2.24, 2.45) is 0 Å². The summed E-state index contributed by atoms with van der Waals surface area (Å²) < 4.78 is 5.48. The molecule has 0 fully saturated rings. The van der Waals surface area contributed by atoms with Crippen molar-refractivity contribution in [3.8, 4) is 0 Å². The fraction of sp³-hybridized carbons (Fsp3) is 0.632. The monoisotopic (exact) mass is 322 g/mol. The van der Waals surface area contributed by atoms with Crippen molar-refractivity contribution >= 4 is 13.0 Å². The van der Waals surface area contributed by atoms with Crippen LogP contribution in [0.5, 0.6) is 0 Å². The summed E-state index contributed by atoms with van der Waals surface area (Å²) in [5.74, 6) is 2.61. The minimum absolute atomic E-state index is 1.13. The molecule has 1 aromatic rings. The second-order valence-corrected chi connectivity index (χ2v) is 9.09. The van der Waals surface area contributed by atoms with Gasteiger partial charge in [0.25, 0.3) is 0 Å². The first-order valence-electron chi connectivity index (χ1n) is 8.97. The van der Waals surface area contributed by atoms with E-state index in [9.17, 15) is 0 Å². The summed E-state index contributed by atoms with van der Waals surface area (Å²) in [6, 6.07) is 10.9. The zero-order chi connectivity index (χ0) is 16.4. The molecular formula is C19H35N2P. The zero-order valence-corrected chi connectivity index (χ0v) is 16.1. The summed E-state index contributed by atoms with van der Waals surface area (Å²) in [5.41, 5.74) is 1.38. The molecular weight excluding hydrogens is 287 g/mol. The summed E-state index contributed by atoms with van der Waals surface area (Å²) in [7, 11) is -1.41. The van der Waals surface area contributed by atoms with Gasteiger partial charge in [-0.2, -0.15) is 0 Å². The normalized spacial score (nSPS) is 12.1. The highest BCUT2D eigenvalue weighted by molar-refractivity contribution is 7.70. The molecule has 1 aromatic carbocycles. The molecule has 0 aliphatic heterocycles. The van der Waals surface area contributed by atoms with Crippen LogP contribution < -0.4 is 0 Å². The zero-order valence-electron chi connectivity index (χ0n) is 15.3. The molecule has 0 radical (unpaired) electrons. The van der Waals surface area contributed by atoms with E-state index in [1.165, 1.54) is 24.6 Å². The van der Waals surface area contributed by atoms with Crippen LogP contribution in [0.25, 0.3) is 0 Å². The summed E-state index contributed by atoms with van der Waals surface area (Å²) >= 11 is 0. The molecule has 0 saturated heterocycles.